The molecular weight excluding hydrogens is 294 g/mol. The van der Waals surface area contributed by atoms with E-state index in [9.17, 15) is 13.2 Å². The quantitative estimate of drug-likeness (QED) is 0.805. The number of piperidine rings is 1. The summed E-state index contributed by atoms with van der Waals surface area (Å²) in [5.74, 6) is -0.480. The molecule has 0 unspecified atom stereocenters. The Morgan fingerprint density at radius 1 is 1.33 bits per heavy atom. The number of hydrogen-bond acceptors (Lipinski definition) is 5. The van der Waals surface area contributed by atoms with Crippen LogP contribution in [0.3, 0.4) is 0 Å². The summed E-state index contributed by atoms with van der Waals surface area (Å²) < 4.78 is 31.5. The molecule has 0 radical (unpaired) electrons. The fourth-order valence-electron chi connectivity index (χ4n) is 2.31. The number of hydrogen-bond donors (Lipinski definition) is 2. The zero-order valence-electron chi connectivity index (χ0n) is 11.8. The van der Waals surface area contributed by atoms with Crippen molar-refractivity contribution in [3.05, 3.63) is 23.8 Å². The number of primary amides is 1. The molecule has 8 heteroatoms. The maximum Gasteiger partial charge on any atom is 0.252 e. The van der Waals surface area contributed by atoms with Crippen molar-refractivity contribution in [1.29, 1.82) is 0 Å². The number of nitrogens with zero attached hydrogens (tertiary/aromatic N) is 1. The molecule has 116 valence electrons. The highest BCUT2D eigenvalue weighted by Gasteiger charge is 2.29. The van der Waals surface area contributed by atoms with E-state index < -0.39 is 15.9 Å². The predicted molar refractivity (Wildman–Crippen MR) is 77.5 cm³/mol. The second-order valence-corrected chi connectivity index (χ2v) is 6.91. The van der Waals surface area contributed by atoms with Gasteiger partial charge in [0.2, 0.25) is 10.0 Å². The molecule has 0 aromatic heterocycles. The number of nitrogens with two attached hydrogens (primary N) is 2. The molecule has 1 fully saturated rings. The van der Waals surface area contributed by atoms with Crippen molar-refractivity contribution in [2.75, 3.05) is 20.2 Å². The summed E-state index contributed by atoms with van der Waals surface area (Å²) in [6.45, 7) is 0.753. The van der Waals surface area contributed by atoms with Gasteiger partial charge in [0.05, 0.1) is 17.6 Å². The summed E-state index contributed by atoms with van der Waals surface area (Å²) in [5.41, 5.74) is 11.1. The van der Waals surface area contributed by atoms with E-state index in [1.54, 1.807) is 0 Å². The molecule has 1 aliphatic heterocycles. The van der Waals surface area contributed by atoms with Crippen molar-refractivity contribution in [2.45, 2.75) is 23.8 Å². The van der Waals surface area contributed by atoms with Crippen LogP contribution in [0.25, 0.3) is 0 Å². The number of carbonyl (C=O) groups is 1. The fraction of sp³-hybridized carbons (Fsp3) is 0.462. The molecular formula is C13H19N3O4S. The van der Waals surface area contributed by atoms with Gasteiger partial charge < -0.3 is 16.2 Å². The first-order valence-electron chi connectivity index (χ1n) is 6.60. The molecule has 0 aliphatic carbocycles. The molecule has 2 rings (SSSR count). The minimum Gasteiger partial charge on any atom is -0.496 e. The molecule has 1 aliphatic rings. The Morgan fingerprint density at radius 3 is 2.48 bits per heavy atom. The van der Waals surface area contributed by atoms with Gasteiger partial charge in [-0.3, -0.25) is 4.79 Å². The van der Waals surface area contributed by atoms with Crippen LogP contribution in [-0.4, -0.2) is 44.9 Å². The van der Waals surface area contributed by atoms with Crippen LogP contribution in [0.5, 0.6) is 5.75 Å². The third-order valence-electron chi connectivity index (χ3n) is 3.57. The normalized spacial score (nSPS) is 17.6. The van der Waals surface area contributed by atoms with E-state index in [4.69, 9.17) is 16.2 Å². The lowest BCUT2D eigenvalue weighted by Gasteiger charge is -2.29. The molecule has 21 heavy (non-hydrogen) atoms. The molecule has 1 amide bonds. The van der Waals surface area contributed by atoms with Gasteiger partial charge in [0.15, 0.2) is 0 Å². The monoisotopic (exact) mass is 313 g/mol. The van der Waals surface area contributed by atoms with Crippen molar-refractivity contribution in [2.24, 2.45) is 11.5 Å². The Kier molecular flexibility index (Phi) is 4.50. The number of ether oxygens (including phenoxy) is 1. The highest BCUT2D eigenvalue weighted by Crippen LogP contribution is 2.25. The lowest BCUT2D eigenvalue weighted by Crippen LogP contribution is -2.42. The summed E-state index contributed by atoms with van der Waals surface area (Å²) in [5, 5.41) is 0. The second kappa shape index (κ2) is 6.00. The third-order valence-corrected chi connectivity index (χ3v) is 5.47. The molecule has 1 saturated heterocycles. The van der Waals surface area contributed by atoms with Gasteiger partial charge in [-0.15, -0.1) is 0 Å². The first-order chi connectivity index (χ1) is 9.86. The van der Waals surface area contributed by atoms with Crippen LogP contribution in [-0.2, 0) is 10.0 Å². The zero-order valence-corrected chi connectivity index (χ0v) is 12.6. The number of carbonyl (C=O) groups excluding carboxylic acids is 1. The van der Waals surface area contributed by atoms with Crippen LogP contribution in [0.4, 0.5) is 0 Å². The number of sulfonamides is 1. The number of rotatable bonds is 4. The van der Waals surface area contributed by atoms with Gasteiger partial charge in [-0.05, 0) is 31.0 Å². The summed E-state index contributed by atoms with van der Waals surface area (Å²) >= 11 is 0. The summed E-state index contributed by atoms with van der Waals surface area (Å²) in [4.78, 5) is 11.4. The van der Waals surface area contributed by atoms with E-state index in [0.29, 0.717) is 25.9 Å². The number of amides is 1. The van der Waals surface area contributed by atoms with Crippen LogP contribution < -0.4 is 16.2 Å². The summed E-state index contributed by atoms with van der Waals surface area (Å²) in [7, 11) is -2.26. The van der Waals surface area contributed by atoms with Crippen LogP contribution >= 0.6 is 0 Å². The standard InChI is InChI=1S/C13H19N3O4S/c1-20-12-3-2-10(8-11(12)13(15)17)21(18,19)16-6-4-9(14)5-7-16/h2-3,8-9H,4-7,14H2,1H3,(H2,15,17). The van der Waals surface area contributed by atoms with Crippen LogP contribution in [0, 0.1) is 0 Å². The molecule has 0 spiro atoms. The highest BCUT2D eigenvalue weighted by atomic mass is 32.2. The minimum absolute atomic E-state index is 0.0348. The van der Waals surface area contributed by atoms with Gasteiger partial charge in [0.1, 0.15) is 5.75 Å². The number of benzene rings is 1. The van der Waals surface area contributed by atoms with E-state index in [1.165, 1.54) is 29.6 Å². The minimum atomic E-state index is -3.65. The number of methoxy groups -OCH3 is 1. The Morgan fingerprint density at radius 2 is 1.95 bits per heavy atom. The van der Waals surface area contributed by atoms with E-state index >= 15 is 0 Å². The first kappa shape index (κ1) is 15.7. The maximum absolute atomic E-state index is 12.6. The van der Waals surface area contributed by atoms with Gasteiger partial charge >= 0.3 is 0 Å². The van der Waals surface area contributed by atoms with E-state index in [1.807, 2.05) is 0 Å². The molecule has 0 atom stereocenters. The van der Waals surface area contributed by atoms with Crippen molar-refractivity contribution in [3.8, 4) is 5.75 Å². The van der Waals surface area contributed by atoms with Gasteiger partial charge in [-0.1, -0.05) is 0 Å². The maximum atomic E-state index is 12.6. The highest BCUT2D eigenvalue weighted by molar-refractivity contribution is 7.89. The second-order valence-electron chi connectivity index (χ2n) is 4.97. The SMILES string of the molecule is COc1ccc(S(=O)(=O)N2CCC(N)CC2)cc1C(N)=O. The predicted octanol–water partition coefficient (Wildman–Crippen LogP) is -0.0941. The largest absolute Gasteiger partial charge is 0.496 e. The zero-order chi connectivity index (χ0) is 15.6. The van der Waals surface area contributed by atoms with Crippen LogP contribution in [0.15, 0.2) is 23.1 Å². The molecule has 1 aromatic carbocycles. The van der Waals surface area contributed by atoms with Gasteiger partial charge in [-0.2, -0.15) is 4.31 Å². The Balaban J connectivity index is 2.36. The Bertz CT molecular complexity index is 637. The van der Waals surface area contributed by atoms with Crippen molar-refractivity contribution >= 4 is 15.9 Å². The topological polar surface area (TPSA) is 116 Å². The lowest BCUT2D eigenvalue weighted by molar-refractivity contribution is 0.0997. The fourth-order valence-corrected chi connectivity index (χ4v) is 3.80. The molecule has 0 bridgehead atoms. The van der Waals surface area contributed by atoms with Crippen molar-refractivity contribution in [1.82, 2.24) is 4.31 Å². The molecule has 0 saturated carbocycles. The van der Waals surface area contributed by atoms with Gasteiger partial charge in [0.25, 0.3) is 5.91 Å². The van der Waals surface area contributed by atoms with E-state index in [2.05, 4.69) is 0 Å². The average Bonchev–Trinajstić information content (AvgIpc) is 2.46. The molecule has 7 nitrogen and oxygen atoms in total. The molecule has 4 N–H and O–H groups in total. The van der Waals surface area contributed by atoms with Crippen molar-refractivity contribution in [3.63, 3.8) is 0 Å². The molecule has 1 aromatic rings. The van der Waals surface area contributed by atoms with Gasteiger partial charge in [0, 0.05) is 19.1 Å². The lowest BCUT2D eigenvalue weighted by atomic mass is 10.1. The average molecular weight is 313 g/mol. The summed E-state index contributed by atoms with van der Waals surface area (Å²) in [6, 6.07) is 4.14. The van der Waals surface area contributed by atoms with Crippen LogP contribution in [0.2, 0.25) is 0 Å². The Labute approximate surface area is 123 Å². The Hall–Kier alpha value is -1.64. The van der Waals surface area contributed by atoms with Crippen LogP contribution in [0.1, 0.15) is 23.2 Å². The molecule has 1 heterocycles. The van der Waals surface area contributed by atoms with Gasteiger partial charge in [-0.25, -0.2) is 8.42 Å². The summed E-state index contributed by atoms with van der Waals surface area (Å²) in [6.07, 6.45) is 1.25. The van der Waals surface area contributed by atoms with E-state index in [0.717, 1.165) is 0 Å². The van der Waals surface area contributed by atoms with E-state index in [-0.39, 0.29) is 22.3 Å². The third kappa shape index (κ3) is 3.17. The van der Waals surface area contributed by atoms with Crippen molar-refractivity contribution < 1.29 is 17.9 Å². The first-order valence-corrected chi connectivity index (χ1v) is 8.04. The smallest absolute Gasteiger partial charge is 0.252 e.